The van der Waals surface area contributed by atoms with Crippen molar-refractivity contribution < 1.29 is 22.8 Å². The number of carbonyl (C=O) groups excluding carboxylic acids is 2. The van der Waals surface area contributed by atoms with E-state index < -0.39 is 10.3 Å². The Hall–Kier alpha value is -0.820. The van der Waals surface area contributed by atoms with E-state index in [-0.39, 0.29) is 33.6 Å². The Kier molecular flexibility index (Phi) is 4.98. The van der Waals surface area contributed by atoms with Crippen LogP contribution in [0.1, 0.15) is 27.7 Å². The fraction of sp³-hybridized carbons (Fsp3) is 0.273. The first-order valence-electron chi connectivity index (χ1n) is 4.74. The maximum Gasteiger partial charge on any atom is 0.446 e. The van der Waals surface area contributed by atoms with Gasteiger partial charge in [-0.15, -0.1) is 0 Å². The third kappa shape index (κ3) is 3.84. The van der Waals surface area contributed by atoms with Crippen LogP contribution in [0.4, 0.5) is 13.2 Å². The summed E-state index contributed by atoms with van der Waals surface area (Å²) in [4.78, 5) is 21.2. The SMILES string of the molecule is CC(=O)C(Br)c1cccc(SC(F)(F)F)c1C=O. The van der Waals surface area contributed by atoms with Crippen LogP contribution in [-0.4, -0.2) is 17.6 Å². The van der Waals surface area contributed by atoms with Gasteiger partial charge in [-0.1, -0.05) is 28.1 Å². The molecule has 0 heterocycles. The monoisotopic (exact) mass is 340 g/mol. The minimum Gasteiger partial charge on any atom is -0.298 e. The summed E-state index contributed by atoms with van der Waals surface area (Å²) in [5, 5.41) is 0. The van der Waals surface area contributed by atoms with Crippen LogP contribution >= 0.6 is 27.7 Å². The fourth-order valence-corrected chi connectivity index (χ4v) is 2.41. The first kappa shape index (κ1) is 15.2. The summed E-state index contributed by atoms with van der Waals surface area (Å²) < 4.78 is 37.0. The molecule has 1 atom stereocenters. The zero-order valence-corrected chi connectivity index (χ0v) is 11.5. The van der Waals surface area contributed by atoms with Crippen LogP contribution < -0.4 is 0 Å². The number of halogens is 4. The lowest BCUT2D eigenvalue weighted by Crippen LogP contribution is -2.07. The van der Waals surface area contributed by atoms with Gasteiger partial charge in [0, 0.05) is 10.5 Å². The molecule has 0 fully saturated rings. The summed E-state index contributed by atoms with van der Waals surface area (Å²) in [5.74, 6) is -0.285. The van der Waals surface area contributed by atoms with Crippen molar-refractivity contribution in [1.29, 1.82) is 0 Å². The van der Waals surface area contributed by atoms with E-state index in [4.69, 9.17) is 0 Å². The third-order valence-electron chi connectivity index (χ3n) is 2.07. The second-order valence-corrected chi connectivity index (χ2v) is 5.42. The van der Waals surface area contributed by atoms with Crippen molar-refractivity contribution in [2.75, 3.05) is 0 Å². The number of Topliss-reactive ketones (excluding diaryl/α,β-unsaturated/α-hetero) is 1. The number of hydrogen-bond acceptors (Lipinski definition) is 3. The van der Waals surface area contributed by atoms with Gasteiger partial charge in [-0.3, -0.25) is 9.59 Å². The molecule has 0 aromatic heterocycles. The zero-order chi connectivity index (χ0) is 13.9. The molecule has 0 bridgehead atoms. The van der Waals surface area contributed by atoms with Crippen LogP contribution in [0.25, 0.3) is 0 Å². The largest absolute Gasteiger partial charge is 0.446 e. The molecule has 0 saturated heterocycles. The number of carbonyl (C=O) groups is 2. The summed E-state index contributed by atoms with van der Waals surface area (Å²) in [7, 11) is 0. The molecule has 0 N–H and O–H groups in total. The maximum absolute atomic E-state index is 12.3. The van der Waals surface area contributed by atoms with Gasteiger partial charge in [-0.05, 0) is 30.3 Å². The van der Waals surface area contributed by atoms with E-state index in [9.17, 15) is 22.8 Å². The third-order valence-corrected chi connectivity index (χ3v) is 4.02. The molecule has 0 spiro atoms. The van der Waals surface area contributed by atoms with Gasteiger partial charge in [0.05, 0.1) is 4.83 Å². The molecule has 1 unspecified atom stereocenters. The lowest BCUT2D eigenvalue weighted by Gasteiger charge is -2.13. The summed E-state index contributed by atoms with van der Waals surface area (Å²) >= 11 is 2.69. The molecule has 0 radical (unpaired) electrons. The van der Waals surface area contributed by atoms with Crippen molar-refractivity contribution in [3.8, 4) is 0 Å². The van der Waals surface area contributed by atoms with Crippen molar-refractivity contribution in [2.24, 2.45) is 0 Å². The molecule has 0 saturated carbocycles. The molecular weight excluding hydrogens is 333 g/mol. The molecule has 0 amide bonds. The van der Waals surface area contributed by atoms with E-state index >= 15 is 0 Å². The van der Waals surface area contributed by atoms with E-state index in [0.29, 0.717) is 6.29 Å². The van der Waals surface area contributed by atoms with Gasteiger partial charge < -0.3 is 0 Å². The van der Waals surface area contributed by atoms with Crippen molar-refractivity contribution >= 4 is 39.8 Å². The minimum atomic E-state index is -4.48. The first-order valence-corrected chi connectivity index (χ1v) is 6.48. The molecule has 0 aliphatic rings. The Morgan fingerprint density at radius 3 is 2.50 bits per heavy atom. The number of alkyl halides is 4. The lowest BCUT2D eigenvalue weighted by molar-refractivity contribution is -0.116. The van der Waals surface area contributed by atoms with Crippen molar-refractivity contribution in [1.82, 2.24) is 0 Å². The first-order chi connectivity index (χ1) is 8.26. The molecule has 1 rings (SSSR count). The second-order valence-electron chi connectivity index (χ2n) is 3.40. The van der Waals surface area contributed by atoms with E-state index in [1.807, 2.05) is 0 Å². The molecule has 1 aromatic rings. The molecule has 7 heteroatoms. The number of aldehydes is 1. The van der Waals surface area contributed by atoms with Gasteiger partial charge >= 0.3 is 5.51 Å². The number of ketones is 1. The Morgan fingerprint density at radius 1 is 1.44 bits per heavy atom. The lowest BCUT2D eigenvalue weighted by atomic mass is 10.0. The van der Waals surface area contributed by atoms with Crippen LogP contribution in [0, 0.1) is 0 Å². The van der Waals surface area contributed by atoms with E-state index in [1.54, 1.807) is 0 Å². The van der Waals surface area contributed by atoms with Crippen LogP contribution in [0.15, 0.2) is 23.1 Å². The highest BCUT2D eigenvalue weighted by Crippen LogP contribution is 2.40. The molecule has 0 aliphatic carbocycles. The minimum absolute atomic E-state index is 0.114. The van der Waals surface area contributed by atoms with E-state index in [0.717, 1.165) is 0 Å². The van der Waals surface area contributed by atoms with Gasteiger partial charge in [0.25, 0.3) is 0 Å². The summed E-state index contributed by atoms with van der Waals surface area (Å²) in [5.41, 5.74) is -4.35. The molecule has 0 aliphatic heterocycles. The molecule has 98 valence electrons. The Balaban J connectivity index is 3.26. The molecule has 2 nitrogen and oxygen atoms in total. The number of hydrogen-bond donors (Lipinski definition) is 0. The van der Waals surface area contributed by atoms with Crippen molar-refractivity contribution in [2.45, 2.75) is 22.2 Å². The van der Waals surface area contributed by atoms with E-state index in [2.05, 4.69) is 15.9 Å². The fourth-order valence-electron chi connectivity index (χ4n) is 1.34. The predicted octanol–water partition coefficient (Wildman–Crippen LogP) is 4.14. The Morgan fingerprint density at radius 2 is 2.06 bits per heavy atom. The van der Waals surface area contributed by atoms with Crippen molar-refractivity contribution in [3.05, 3.63) is 29.3 Å². The average molecular weight is 341 g/mol. The summed E-state index contributed by atoms with van der Waals surface area (Å²) in [6.45, 7) is 1.29. The highest BCUT2D eigenvalue weighted by molar-refractivity contribution is 9.09. The molecule has 1 aromatic carbocycles. The maximum atomic E-state index is 12.3. The molecular formula is C11H8BrF3O2S. The Labute approximate surface area is 114 Å². The quantitative estimate of drug-likeness (QED) is 0.469. The molecule has 18 heavy (non-hydrogen) atoms. The van der Waals surface area contributed by atoms with Gasteiger partial charge in [0.1, 0.15) is 5.78 Å². The summed E-state index contributed by atoms with van der Waals surface area (Å²) in [6.07, 6.45) is 0.334. The van der Waals surface area contributed by atoms with Gasteiger partial charge in [0.2, 0.25) is 0 Å². The van der Waals surface area contributed by atoms with Crippen LogP contribution in [-0.2, 0) is 4.79 Å². The number of benzene rings is 1. The Bertz CT molecular complexity index is 474. The highest BCUT2D eigenvalue weighted by atomic mass is 79.9. The van der Waals surface area contributed by atoms with Crippen LogP contribution in [0.3, 0.4) is 0 Å². The summed E-state index contributed by atoms with van der Waals surface area (Å²) in [6, 6.07) is 4.03. The van der Waals surface area contributed by atoms with E-state index in [1.165, 1.54) is 25.1 Å². The zero-order valence-electron chi connectivity index (χ0n) is 9.12. The standard InChI is InChI=1S/C11H8BrF3O2S/c1-6(17)10(12)7-3-2-4-9(8(7)5-16)18-11(13,14)15/h2-5,10H,1H3. The van der Waals surface area contributed by atoms with Gasteiger partial charge in [-0.25, -0.2) is 0 Å². The average Bonchev–Trinajstić information content (AvgIpc) is 2.25. The van der Waals surface area contributed by atoms with Gasteiger partial charge in [0.15, 0.2) is 6.29 Å². The highest BCUT2D eigenvalue weighted by Gasteiger charge is 2.31. The van der Waals surface area contributed by atoms with Crippen LogP contribution in [0.5, 0.6) is 0 Å². The second kappa shape index (κ2) is 5.88. The topological polar surface area (TPSA) is 34.1 Å². The normalized spacial score (nSPS) is 13.2. The predicted molar refractivity (Wildman–Crippen MR) is 66.1 cm³/mol. The van der Waals surface area contributed by atoms with Crippen molar-refractivity contribution in [3.63, 3.8) is 0 Å². The smallest absolute Gasteiger partial charge is 0.298 e. The van der Waals surface area contributed by atoms with Crippen LogP contribution in [0.2, 0.25) is 0 Å². The number of thioether (sulfide) groups is 1. The van der Waals surface area contributed by atoms with Gasteiger partial charge in [-0.2, -0.15) is 13.2 Å². The number of rotatable bonds is 4.